The Labute approximate surface area is 126 Å². The minimum Gasteiger partial charge on any atom is -0.493 e. The zero-order valence-corrected chi connectivity index (χ0v) is 13.7. The Morgan fingerprint density at radius 3 is 2.50 bits per heavy atom. The maximum atomic E-state index is 6.27. The van der Waals surface area contributed by atoms with Crippen molar-refractivity contribution in [3.05, 3.63) is 34.4 Å². The van der Waals surface area contributed by atoms with Gasteiger partial charge in [0.25, 0.3) is 0 Å². The minimum atomic E-state index is 0.122. The lowest BCUT2D eigenvalue weighted by molar-refractivity contribution is 0.354. The second kappa shape index (κ2) is 8.18. The molecule has 0 aliphatic heterocycles. The van der Waals surface area contributed by atoms with E-state index in [-0.39, 0.29) is 6.04 Å². The van der Waals surface area contributed by atoms with Crippen molar-refractivity contribution in [3.63, 3.8) is 0 Å². The molecule has 0 radical (unpaired) electrons. The van der Waals surface area contributed by atoms with Crippen molar-refractivity contribution in [2.24, 2.45) is 0 Å². The SMILES string of the molecule is CCCNC(C=C(C)C)c1cc(Cl)c(OC)c(OC)c1. The molecule has 0 aliphatic carbocycles. The molecule has 0 aliphatic rings. The fourth-order valence-corrected chi connectivity index (χ4v) is 2.32. The second-order valence-electron chi connectivity index (χ2n) is 4.91. The third-order valence-corrected chi connectivity index (χ3v) is 3.21. The van der Waals surface area contributed by atoms with E-state index in [2.05, 4.69) is 32.2 Å². The van der Waals surface area contributed by atoms with E-state index >= 15 is 0 Å². The first-order valence-electron chi connectivity index (χ1n) is 6.83. The largest absolute Gasteiger partial charge is 0.493 e. The number of allylic oxidation sites excluding steroid dienone is 1. The fourth-order valence-electron chi connectivity index (χ4n) is 2.02. The highest BCUT2D eigenvalue weighted by Gasteiger charge is 2.15. The van der Waals surface area contributed by atoms with Crippen LogP contribution < -0.4 is 14.8 Å². The van der Waals surface area contributed by atoms with Gasteiger partial charge in [0, 0.05) is 0 Å². The second-order valence-corrected chi connectivity index (χ2v) is 5.32. The Balaban J connectivity index is 3.19. The number of methoxy groups -OCH3 is 2. The molecule has 0 spiro atoms. The molecule has 0 bridgehead atoms. The summed E-state index contributed by atoms with van der Waals surface area (Å²) in [6.45, 7) is 7.26. The van der Waals surface area contributed by atoms with Crippen LogP contribution in [0.15, 0.2) is 23.8 Å². The van der Waals surface area contributed by atoms with Gasteiger partial charge >= 0.3 is 0 Å². The van der Waals surface area contributed by atoms with Crippen LogP contribution >= 0.6 is 11.6 Å². The first-order valence-corrected chi connectivity index (χ1v) is 7.21. The van der Waals surface area contributed by atoms with Crippen molar-refractivity contribution in [1.82, 2.24) is 5.32 Å². The Morgan fingerprint density at radius 1 is 1.30 bits per heavy atom. The van der Waals surface area contributed by atoms with Gasteiger partial charge in [0.2, 0.25) is 0 Å². The minimum absolute atomic E-state index is 0.122. The highest BCUT2D eigenvalue weighted by atomic mass is 35.5. The zero-order valence-electron chi connectivity index (χ0n) is 12.9. The number of ether oxygens (including phenoxy) is 2. The molecular formula is C16H24ClNO2. The van der Waals surface area contributed by atoms with E-state index in [1.165, 1.54) is 5.57 Å². The van der Waals surface area contributed by atoms with Crippen LogP contribution in [-0.4, -0.2) is 20.8 Å². The molecule has 1 N–H and O–H groups in total. The molecule has 1 aromatic rings. The van der Waals surface area contributed by atoms with Crippen molar-refractivity contribution in [2.75, 3.05) is 20.8 Å². The van der Waals surface area contributed by atoms with E-state index < -0.39 is 0 Å². The number of nitrogens with one attached hydrogen (secondary N) is 1. The molecule has 4 heteroatoms. The maximum absolute atomic E-state index is 6.27. The third-order valence-electron chi connectivity index (χ3n) is 2.93. The van der Waals surface area contributed by atoms with E-state index in [0.717, 1.165) is 18.5 Å². The Kier molecular flexibility index (Phi) is 6.89. The normalized spacial score (nSPS) is 11.9. The number of hydrogen-bond donors (Lipinski definition) is 1. The lowest BCUT2D eigenvalue weighted by atomic mass is 10.0. The molecule has 0 aromatic heterocycles. The van der Waals surface area contributed by atoms with Crippen molar-refractivity contribution < 1.29 is 9.47 Å². The Morgan fingerprint density at radius 2 is 2.00 bits per heavy atom. The molecule has 0 saturated heterocycles. The first kappa shape index (κ1) is 16.9. The zero-order chi connectivity index (χ0) is 15.1. The summed E-state index contributed by atoms with van der Waals surface area (Å²) in [5, 5.41) is 4.06. The van der Waals surface area contributed by atoms with Crippen LogP contribution in [0, 0.1) is 0 Å². The van der Waals surface area contributed by atoms with Gasteiger partial charge in [-0.3, -0.25) is 0 Å². The maximum Gasteiger partial charge on any atom is 0.179 e. The van der Waals surface area contributed by atoms with Crippen LogP contribution in [0.4, 0.5) is 0 Å². The highest BCUT2D eigenvalue weighted by molar-refractivity contribution is 6.32. The van der Waals surface area contributed by atoms with Gasteiger partial charge in [-0.25, -0.2) is 0 Å². The molecule has 1 rings (SSSR count). The van der Waals surface area contributed by atoms with Crippen LogP contribution in [0.2, 0.25) is 5.02 Å². The van der Waals surface area contributed by atoms with Gasteiger partial charge in [0.15, 0.2) is 11.5 Å². The monoisotopic (exact) mass is 297 g/mol. The predicted molar refractivity (Wildman–Crippen MR) is 85.0 cm³/mol. The fraction of sp³-hybridized carbons (Fsp3) is 0.500. The number of rotatable bonds is 7. The summed E-state index contributed by atoms with van der Waals surface area (Å²) in [6, 6.07) is 4.02. The van der Waals surface area contributed by atoms with E-state index in [1.807, 2.05) is 12.1 Å². The average molecular weight is 298 g/mol. The van der Waals surface area contributed by atoms with Crippen LogP contribution in [0.3, 0.4) is 0 Å². The summed E-state index contributed by atoms with van der Waals surface area (Å²) in [5.74, 6) is 1.23. The van der Waals surface area contributed by atoms with Gasteiger partial charge in [-0.1, -0.05) is 30.2 Å². The summed E-state index contributed by atoms with van der Waals surface area (Å²) >= 11 is 6.27. The Hall–Kier alpha value is -1.19. The summed E-state index contributed by atoms with van der Waals surface area (Å²) < 4.78 is 10.6. The van der Waals surface area contributed by atoms with Crippen LogP contribution in [0.1, 0.15) is 38.8 Å². The van der Waals surface area contributed by atoms with Crippen LogP contribution in [-0.2, 0) is 0 Å². The van der Waals surface area contributed by atoms with Gasteiger partial charge in [-0.15, -0.1) is 0 Å². The third kappa shape index (κ3) is 4.43. The summed E-state index contributed by atoms with van der Waals surface area (Å²) in [5.41, 5.74) is 2.33. The van der Waals surface area contributed by atoms with Crippen molar-refractivity contribution in [3.8, 4) is 11.5 Å². The quantitative estimate of drug-likeness (QED) is 0.758. The topological polar surface area (TPSA) is 30.5 Å². The van der Waals surface area contributed by atoms with Gasteiger partial charge in [0.05, 0.1) is 25.3 Å². The van der Waals surface area contributed by atoms with E-state index in [4.69, 9.17) is 21.1 Å². The highest BCUT2D eigenvalue weighted by Crippen LogP contribution is 2.38. The van der Waals surface area contributed by atoms with E-state index in [0.29, 0.717) is 16.5 Å². The molecule has 1 atom stereocenters. The first-order chi connectivity index (χ1) is 9.53. The molecule has 112 valence electrons. The molecule has 0 fully saturated rings. The van der Waals surface area contributed by atoms with E-state index in [1.54, 1.807) is 14.2 Å². The number of halogens is 1. The molecule has 20 heavy (non-hydrogen) atoms. The smallest absolute Gasteiger partial charge is 0.179 e. The van der Waals surface area contributed by atoms with Crippen molar-refractivity contribution in [2.45, 2.75) is 33.2 Å². The molecule has 0 amide bonds. The molecule has 1 aromatic carbocycles. The van der Waals surface area contributed by atoms with Gasteiger partial charge in [0.1, 0.15) is 0 Å². The molecular weight excluding hydrogens is 274 g/mol. The van der Waals surface area contributed by atoms with E-state index in [9.17, 15) is 0 Å². The number of hydrogen-bond acceptors (Lipinski definition) is 3. The summed E-state index contributed by atoms with van der Waals surface area (Å²) in [4.78, 5) is 0. The molecule has 0 saturated carbocycles. The van der Waals surface area contributed by atoms with Crippen molar-refractivity contribution >= 4 is 11.6 Å². The van der Waals surface area contributed by atoms with Gasteiger partial charge in [-0.2, -0.15) is 0 Å². The predicted octanol–water partition coefficient (Wildman–Crippen LogP) is 4.36. The lowest BCUT2D eigenvalue weighted by Gasteiger charge is -2.19. The molecule has 3 nitrogen and oxygen atoms in total. The number of benzene rings is 1. The van der Waals surface area contributed by atoms with Gasteiger partial charge in [-0.05, 0) is 44.5 Å². The Bertz CT molecular complexity index is 468. The van der Waals surface area contributed by atoms with Crippen LogP contribution in [0.5, 0.6) is 11.5 Å². The summed E-state index contributed by atoms with van der Waals surface area (Å²) in [7, 11) is 3.21. The summed E-state index contributed by atoms with van der Waals surface area (Å²) in [6.07, 6.45) is 3.27. The molecule has 1 unspecified atom stereocenters. The van der Waals surface area contributed by atoms with Crippen LogP contribution in [0.25, 0.3) is 0 Å². The van der Waals surface area contributed by atoms with Crippen molar-refractivity contribution in [1.29, 1.82) is 0 Å². The standard InChI is InChI=1S/C16H24ClNO2/c1-6-7-18-14(8-11(2)3)12-9-13(17)16(20-5)15(10-12)19-4/h8-10,14,18H,6-7H2,1-5H3. The lowest BCUT2D eigenvalue weighted by Crippen LogP contribution is -2.20. The average Bonchev–Trinajstić information content (AvgIpc) is 2.41. The van der Waals surface area contributed by atoms with Gasteiger partial charge < -0.3 is 14.8 Å². The molecule has 0 heterocycles.